The number of nitrogens with one attached hydrogen (secondary N) is 4. The van der Waals surface area contributed by atoms with Crippen molar-refractivity contribution < 1.29 is 19.1 Å². The molecular weight excluding hydrogens is 444 g/mol. The molecule has 0 aliphatic heterocycles. The van der Waals surface area contributed by atoms with Crippen molar-refractivity contribution >= 4 is 23.4 Å². The largest absolute Gasteiger partial charge is 0.377 e. The molecule has 8 heteroatoms. The zero-order chi connectivity index (χ0) is 24.9. The molecule has 0 heterocycles. The van der Waals surface area contributed by atoms with Crippen molar-refractivity contribution in [3.05, 3.63) is 72.8 Å². The highest BCUT2D eigenvalue weighted by atomic mass is 16.5. The number of carbonyl (C=O) groups is 2. The van der Waals surface area contributed by atoms with Crippen LogP contribution in [0.2, 0.25) is 0 Å². The first kappa shape index (κ1) is 26.0. The highest BCUT2D eigenvalue weighted by Gasteiger charge is 2.19. The third kappa shape index (κ3) is 8.27. The van der Waals surface area contributed by atoms with E-state index in [4.69, 9.17) is 9.47 Å². The predicted octanol–water partition coefficient (Wildman–Crippen LogP) is 4.69. The van der Waals surface area contributed by atoms with Crippen molar-refractivity contribution in [1.82, 2.24) is 10.6 Å². The molecule has 2 aromatic carbocycles. The summed E-state index contributed by atoms with van der Waals surface area (Å²) in [6.45, 7) is 10.4. The topological polar surface area (TPSA) is 101 Å². The summed E-state index contributed by atoms with van der Waals surface area (Å²) in [5.41, 5.74) is 6.04. The van der Waals surface area contributed by atoms with Gasteiger partial charge in [-0.15, -0.1) is 13.2 Å². The first-order chi connectivity index (χ1) is 17.1. The lowest BCUT2D eigenvalue weighted by Crippen LogP contribution is -2.30. The SMILES string of the molecule is C=CCOCCCNC(=O)Nc1ccc2c(c1)Cc1cc(NC(=O)NCCCOCC=C)ccc1-2. The zero-order valence-corrected chi connectivity index (χ0v) is 20.0. The number of ether oxygens (including phenoxy) is 2. The van der Waals surface area contributed by atoms with Crippen LogP contribution in [0.4, 0.5) is 21.0 Å². The minimum absolute atomic E-state index is 0.242. The van der Waals surface area contributed by atoms with Crippen LogP contribution in [0.3, 0.4) is 0 Å². The molecule has 186 valence electrons. The molecule has 3 rings (SSSR count). The Morgan fingerprint density at radius 3 is 1.66 bits per heavy atom. The molecule has 8 nitrogen and oxygen atoms in total. The van der Waals surface area contributed by atoms with E-state index in [0.29, 0.717) is 39.5 Å². The second-order valence-corrected chi connectivity index (χ2v) is 8.12. The Balaban J connectivity index is 1.46. The van der Waals surface area contributed by atoms with Crippen LogP contribution in [0.15, 0.2) is 61.7 Å². The summed E-state index contributed by atoms with van der Waals surface area (Å²) in [6, 6.07) is 11.4. The minimum atomic E-state index is -0.242. The second kappa shape index (κ2) is 13.9. The molecule has 0 saturated heterocycles. The third-order valence-corrected chi connectivity index (χ3v) is 5.37. The van der Waals surface area contributed by atoms with Crippen molar-refractivity contribution in [2.75, 3.05) is 50.2 Å². The molecule has 0 radical (unpaired) electrons. The van der Waals surface area contributed by atoms with Gasteiger partial charge in [-0.1, -0.05) is 24.3 Å². The zero-order valence-electron chi connectivity index (χ0n) is 20.0. The fourth-order valence-electron chi connectivity index (χ4n) is 3.80. The fraction of sp³-hybridized carbons (Fsp3) is 0.333. The van der Waals surface area contributed by atoms with Crippen LogP contribution in [-0.2, 0) is 15.9 Å². The van der Waals surface area contributed by atoms with Crippen LogP contribution < -0.4 is 21.3 Å². The van der Waals surface area contributed by atoms with Crippen LogP contribution in [0.5, 0.6) is 0 Å². The molecular formula is C27H34N4O4. The normalized spacial score (nSPS) is 11.2. The van der Waals surface area contributed by atoms with Gasteiger partial charge >= 0.3 is 12.1 Å². The molecule has 1 aliphatic rings. The summed E-state index contributed by atoms with van der Waals surface area (Å²) in [5.74, 6) is 0. The maximum atomic E-state index is 12.2. The molecule has 35 heavy (non-hydrogen) atoms. The number of amides is 4. The number of anilines is 2. The van der Waals surface area contributed by atoms with E-state index in [2.05, 4.69) is 34.4 Å². The average molecular weight is 479 g/mol. The molecule has 1 aliphatic carbocycles. The molecule has 0 unspecified atom stereocenters. The second-order valence-electron chi connectivity index (χ2n) is 8.12. The Kier molecular flexibility index (Phi) is 10.3. The summed E-state index contributed by atoms with van der Waals surface area (Å²) in [7, 11) is 0. The van der Waals surface area contributed by atoms with Crippen LogP contribution in [0.25, 0.3) is 11.1 Å². The van der Waals surface area contributed by atoms with Crippen molar-refractivity contribution in [2.45, 2.75) is 19.3 Å². The molecule has 0 fully saturated rings. The Morgan fingerprint density at radius 2 is 1.23 bits per heavy atom. The Bertz CT molecular complexity index is 956. The van der Waals surface area contributed by atoms with Crippen molar-refractivity contribution in [3.8, 4) is 11.1 Å². The number of hydrogen-bond acceptors (Lipinski definition) is 4. The standard InChI is InChI=1S/C27H34N4O4/c1-3-13-34-15-5-11-28-26(32)30-22-7-9-24-20(18-22)17-21-19-23(8-10-25(21)24)31-27(33)29-12-6-16-35-14-4-2/h3-4,7-10,18-19H,1-2,5-6,11-17H2,(H2,28,30,32)(H2,29,31,33). The van der Waals surface area contributed by atoms with E-state index < -0.39 is 0 Å². The summed E-state index contributed by atoms with van der Waals surface area (Å²) in [5, 5.41) is 11.4. The number of carbonyl (C=O) groups excluding carboxylic acids is 2. The van der Waals surface area contributed by atoms with E-state index in [1.54, 1.807) is 12.2 Å². The van der Waals surface area contributed by atoms with Gasteiger partial charge in [0.2, 0.25) is 0 Å². The summed E-state index contributed by atoms with van der Waals surface area (Å²) >= 11 is 0. The maximum absolute atomic E-state index is 12.2. The Morgan fingerprint density at radius 1 is 0.771 bits per heavy atom. The van der Waals surface area contributed by atoms with Crippen LogP contribution in [-0.4, -0.2) is 51.6 Å². The van der Waals surface area contributed by atoms with Gasteiger partial charge in [-0.05, 0) is 65.8 Å². The molecule has 4 amide bonds. The van der Waals surface area contributed by atoms with E-state index in [1.807, 2.05) is 36.4 Å². The van der Waals surface area contributed by atoms with Crippen LogP contribution in [0.1, 0.15) is 24.0 Å². The van der Waals surface area contributed by atoms with Gasteiger partial charge < -0.3 is 30.7 Å². The lowest BCUT2D eigenvalue weighted by molar-refractivity contribution is 0.159. The van der Waals surface area contributed by atoms with Crippen LogP contribution >= 0.6 is 0 Å². The summed E-state index contributed by atoms with van der Waals surface area (Å²) in [4.78, 5) is 24.3. The highest BCUT2D eigenvalue weighted by Crippen LogP contribution is 2.39. The van der Waals surface area contributed by atoms with E-state index in [0.717, 1.165) is 52.9 Å². The van der Waals surface area contributed by atoms with Gasteiger partial charge in [0.25, 0.3) is 0 Å². The Hall–Kier alpha value is -3.62. The predicted molar refractivity (Wildman–Crippen MR) is 140 cm³/mol. The van der Waals surface area contributed by atoms with E-state index in [9.17, 15) is 9.59 Å². The smallest absolute Gasteiger partial charge is 0.319 e. The highest BCUT2D eigenvalue weighted by molar-refractivity contribution is 5.92. The van der Waals surface area contributed by atoms with Gasteiger partial charge in [-0.2, -0.15) is 0 Å². The maximum Gasteiger partial charge on any atom is 0.319 e. The Labute approximate surface area is 206 Å². The molecule has 0 saturated carbocycles. The van der Waals surface area contributed by atoms with E-state index in [-0.39, 0.29) is 12.1 Å². The number of fused-ring (bicyclic) bond motifs is 3. The van der Waals surface area contributed by atoms with E-state index in [1.165, 1.54) is 0 Å². The van der Waals surface area contributed by atoms with Gasteiger partial charge in [0.1, 0.15) is 0 Å². The lowest BCUT2D eigenvalue weighted by atomic mass is 10.1. The molecule has 0 aromatic heterocycles. The van der Waals surface area contributed by atoms with Crippen molar-refractivity contribution in [1.29, 1.82) is 0 Å². The van der Waals surface area contributed by atoms with Gasteiger partial charge in [0.05, 0.1) is 13.2 Å². The minimum Gasteiger partial charge on any atom is -0.377 e. The third-order valence-electron chi connectivity index (χ3n) is 5.37. The van der Waals surface area contributed by atoms with Crippen LogP contribution in [0, 0.1) is 0 Å². The molecule has 0 atom stereocenters. The molecule has 0 bridgehead atoms. The first-order valence-corrected chi connectivity index (χ1v) is 11.8. The molecule has 0 spiro atoms. The van der Waals surface area contributed by atoms with Crippen molar-refractivity contribution in [2.24, 2.45) is 0 Å². The quantitative estimate of drug-likeness (QED) is 0.200. The summed E-state index contributed by atoms with van der Waals surface area (Å²) in [6.07, 6.45) is 5.61. The fourth-order valence-corrected chi connectivity index (χ4v) is 3.80. The number of benzene rings is 2. The number of urea groups is 2. The first-order valence-electron chi connectivity index (χ1n) is 11.8. The van der Waals surface area contributed by atoms with Gasteiger partial charge in [0, 0.05) is 37.7 Å². The average Bonchev–Trinajstić information content (AvgIpc) is 3.20. The summed E-state index contributed by atoms with van der Waals surface area (Å²) < 4.78 is 10.6. The molecule has 2 aromatic rings. The lowest BCUT2D eigenvalue weighted by Gasteiger charge is -2.10. The van der Waals surface area contributed by atoms with Gasteiger partial charge in [-0.3, -0.25) is 0 Å². The van der Waals surface area contributed by atoms with Crippen molar-refractivity contribution in [3.63, 3.8) is 0 Å². The van der Waals surface area contributed by atoms with Gasteiger partial charge in [-0.25, -0.2) is 9.59 Å². The number of hydrogen-bond donors (Lipinski definition) is 4. The van der Waals surface area contributed by atoms with E-state index >= 15 is 0 Å². The van der Waals surface area contributed by atoms with Gasteiger partial charge in [0.15, 0.2) is 0 Å². The monoisotopic (exact) mass is 478 g/mol. The number of rotatable bonds is 14. The molecule has 4 N–H and O–H groups in total.